The number of anilines is 1. The number of nitrogens with one attached hydrogen (secondary N) is 1. The van der Waals surface area contributed by atoms with Gasteiger partial charge in [-0.3, -0.25) is 0 Å². The number of pyridine rings is 1. The van der Waals surface area contributed by atoms with Crippen LogP contribution in [0.15, 0.2) is 36.7 Å². The van der Waals surface area contributed by atoms with Crippen molar-refractivity contribution in [1.82, 2.24) is 15.2 Å². The highest BCUT2D eigenvalue weighted by atomic mass is 15.1. The molecule has 0 radical (unpaired) electrons. The number of aromatic nitrogens is 3. The first-order valence-corrected chi connectivity index (χ1v) is 4.76. The van der Waals surface area contributed by atoms with Crippen LogP contribution in [0.2, 0.25) is 0 Å². The van der Waals surface area contributed by atoms with Crippen molar-refractivity contribution in [3.63, 3.8) is 0 Å². The van der Waals surface area contributed by atoms with Gasteiger partial charge in [-0.2, -0.15) is 15.5 Å². The molecule has 5 nitrogen and oxygen atoms in total. The van der Waals surface area contributed by atoms with Gasteiger partial charge in [-0.05, 0) is 24.3 Å². The van der Waals surface area contributed by atoms with E-state index in [4.69, 9.17) is 5.26 Å². The van der Waals surface area contributed by atoms with Crippen LogP contribution in [0.25, 0.3) is 0 Å². The highest BCUT2D eigenvalue weighted by molar-refractivity contribution is 5.53. The summed E-state index contributed by atoms with van der Waals surface area (Å²) in [5.74, 6) is 0. The Kier molecular flexibility index (Phi) is 3.04. The first-order chi connectivity index (χ1) is 7.90. The minimum atomic E-state index is 0.381. The van der Waals surface area contributed by atoms with Crippen LogP contribution in [-0.2, 0) is 6.54 Å². The molecule has 0 fully saturated rings. The van der Waals surface area contributed by atoms with E-state index < -0.39 is 0 Å². The molecule has 0 unspecified atom stereocenters. The number of nitriles is 1. The smallest absolute Gasteiger partial charge is 0.163 e. The monoisotopic (exact) mass is 211 g/mol. The van der Waals surface area contributed by atoms with Crippen LogP contribution in [-0.4, -0.2) is 15.2 Å². The molecular weight excluding hydrogens is 202 g/mol. The normalized spacial score (nSPS) is 9.44. The highest BCUT2D eigenvalue weighted by Gasteiger charge is 2.01. The first-order valence-electron chi connectivity index (χ1n) is 4.76. The van der Waals surface area contributed by atoms with Crippen molar-refractivity contribution in [2.75, 3.05) is 5.32 Å². The Morgan fingerprint density at radius 1 is 1.25 bits per heavy atom. The molecule has 0 amide bonds. The quantitative estimate of drug-likeness (QED) is 0.829. The third-order valence-electron chi connectivity index (χ3n) is 2.00. The average Bonchev–Trinajstić information content (AvgIpc) is 2.38. The van der Waals surface area contributed by atoms with E-state index in [0.29, 0.717) is 17.9 Å². The van der Waals surface area contributed by atoms with Crippen molar-refractivity contribution in [3.8, 4) is 6.07 Å². The number of hydrogen-bond acceptors (Lipinski definition) is 5. The Balaban J connectivity index is 2.09. The zero-order chi connectivity index (χ0) is 11.2. The third kappa shape index (κ3) is 2.30. The summed E-state index contributed by atoms with van der Waals surface area (Å²) in [6, 6.07) is 9.29. The molecule has 0 aliphatic heterocycles. The van der Waals surface area contributed by atoms with Crippen LogP contribution in [0.3, 0.4) is 0 Å². The maximum atomic E-state index is 8.84. The molecule has 0 bridgehead atoms. The summed E-state index contributed by atoms with van der Waals surface area (Å²) in [6.07, 6.45) is 3.21. The molecular formula is C11H9N5. The van der Waals surface area contributed by atoms with Crippen molar-refractivity contribution < 1.29 is 0 Å². The van der Waals surface area contributed by atoms with E-state index in [1.165, 1.54) is 0 Å². The molecule has 78 valence electrons. The molecule has 0 aliphatic rings. The lowest BCUT2D eigenvalue weighted by Crippen LogP contribution is -2.04. The molecule has 0 atom stereocenters. The molecule has 0 aliphatic carbocycles. The van der Waals surface area contributed by atoms with E-state index in [0.717, 1.165) is 5.69 Å². The summed E-state index contributed by atoms with van der Waals surface area (Å²) in [7, 11) is 0. The SMILES string of the molecule is N#Cc1ncccc1NCc1cccnn1. The summed E-state index contributed by atoms with van der Waals surface area (Å²) in [5.41, 5.74) is 1.90. The fourth-order valence-electron chi connectivity index (χ4n) is 1.25. The first kappa shape index (κ1) is 10.1. The second kappa shape index (κ2) is 4.84. The van der Waals surface area contributed by atoms with Gasteiger partial charge >= 0.3 is 0 Å². The van der Waals surface area contributed by atoms with E-state index in [1.807, 2.05) is 24.3 Å². The summed E-state index contributed by atoms with van der Waals surface area (Å²) >= 11 is 0. The zero-order valence-corrected chi connectivity index (χ0v) is 8.46. The Labute approximate surface area is 92.8 Å². The second-order valence-electron chi connectivity index (χ2n) is 3.08. The van der Waals surface area contributed by atoms with Crippen molar-refractivity contribution in [1.29, 1.82) is 5.26 Å². The average molecular weight is 211 g/mol. The largest absolute Gasteiger partial charge is 0.377 e. The molecule has 0 aromatic carbocycles. The van der Waals surface area contributed by atoms with Gasteiger partial charge < -0.3 is 5.32 Å². The number of rotatable bonds is 3. The molecule has 0 saturated heterocycles. The Hall–Kier alpha value is -2.48. The summed E-state index contributed by atoms with van der Waals surface area (Å²) < 4.78 is 0. The van der Waals surface area contributed by atoms with Crippen molar-refractivity contribution in [2.45, 2.75) is 6.54 Å². The van der Waals surface area contributed by atoms with Gasteiger partial charge in [0.25, 0.3) is 0 Å². The minimum Gasteiger partial charge on any atom is -0.377 e. The third-order valence-corrected chi connectivity index (χ3v) is 2.00. The van der Waals surface area contributed by atoms with Crippen molar-refractivity contribution in [3.05, 3.63) is 48.0 Å². The van der Waals surface area contributed by atoms with Crippen LogP contribution in [0.1, 0.15) is 11.4 Å². The molecule has 2 rings (SSSR count). The molecule has 2 aromatic heterocycles. The standard InChI is InChI=1S/C11H9N5/c12-7-11-10(4-2-5-13-11)14-8-9-3-1-6-15-16-9/h1-6,14H,8H2. The maximum Gasteiger partial charge on any atom is 0.163 e. The van der Waals surface area contributed by atoms with Gasteiger partial charge in [0.2, 0.25) is 0 Å². The van der Waals surface area contributed by atoms with Gasteiger partial charge in [-0.1, -0.05) is 0 Å². The lowest BCUT2D eigenvalue weighted by molar-refractivity contribution is 0.923. The molecule has 5 heteroatoms. The Bertz CT molecular complexity index is 503. The van der Waals surface area contributed by atoms with E-state index in [9.17, 15) is 0 Å². The summed E-state index contributed by atoms with van der Waals surface area (Å²) in [5, 5.41) is 19.6. The Morgan fingerprint density at radius 3 is 2.88 bits per heavy atom. The fourth-order valence-corrected chi connectivity index (χ4v) is 1.25. The highest BCUT2D eigenvalue weighted by Crippen LogP contribution is 2.11. The lowest BCUT2D eigenvalue weighted by Gasteiger charge is -2.05. The molecule has 1 N–H and O–H groups in total. The second-order valence-corrected chi connectivity index (χ2v) is 3.08. The summed E-state index contributed by atoms with van der Waals surface area (Å²) in [6.45, 7) is 0.522. The fraction of sp³-hybridized carbons (Fsp3) is 0.0909. The minimum absolute atomic E-state index is 0.381. The van der Waals surface area contributed by atoms with Gasteiger partial charge in [0, 0.05) is 12.4 Å². The van der Waals surface area contributed by atoms with Crippen molar-refractivity contribution >= 4 is 5.69 Å². The predicted octanol–water partition coefficient (Wildman–Crippen LogP) is 1.36. The van der Waals surface area contributed by atoms with Crippen molar-refractivity contribution in [2.24, 2.45) is 0 Å². The Morgan fingerprint density at radius 2 is 2.12 bits per heavy atom. The number of hydrogen-bond donors (Lipinski definition) is 1. The van der Waals surface area contributed by atoms with E-state index in [-0.39, 0.29) is 0 Å². The van der Waals surface area contributed by atoms with Gasteiger partial charge in [-0.15, -0.1) is 0 Å². The molecule has 0 saturated carbocycles. The van der Waals surface area contributed by atoms with E-state index >= 15 is 0 Å². The van der Waals surface area contributed by atoms with E-state index in [2.05, 4.69) is 20.5 Å². The van der Waals surface area contributed by atoms with Gasteiger partial charge in [-0.25, -0.2) is 4.98 Å². The van der Waals surface area contributed by atoms with Gasteiger partial charge in [0.15, 0.2) is 5.69 Å². The van der Waals surface area contributed by atoms with E-state index in [1.54, 1.807) is 18.5 Å². The topological polar surface area (TPSA) is 74.5 Å². The van der Waals surface area contributed by atoms with Crippen LogP contribution in [0.5, 0.6) is 0 Å². The molecule has 2 aromatic rings. The molecule has 2 heterocycles. The molecule has 0 spiro atoms. The van der Waals surface area contributed by atoms with Gasteiger partial charge in [0.1, 0.15) is 6.07 Å². The van der Waals surface area contributed by atoms with Gasteiger partial charge in [0.05, 0.1) is 17.9 Å². The zero-order valence-electron chi connectivity index (χ0n) is 8.46. The molecule has 16 heavy (non-hydrogen) atoms. The predicted molar refractivity (Wildman–Crippen MR) is 58.3 cm³/mol. The number of nitrogens with zero attached hydrogens (tertiary/aromatic N) is 4. The van der Waals surface area contributed by atoms with Crippen LogP contribution < -0.4 is 5.32 Å². The summed E-state index contributed by atoms with van der Waals surface area (Å²) in [4.78, 5) is 3.95. The maximum absolute atomic E-state index is 8.84. The van der Waals surface area contributed by atoms with Crippen LogP contribution in [0.4, 0.5) is 5.69 Å². The van der Waals surface area contributed by atoms with Crippen LogP contribution >= 0.6 is 0 Å². The van der Waals surface area contributed by atoms with Crippen LogP contribution in [0, 0.1) is 11.3 Å². The lowest BCUT2D eigenvalue weighted by atomic mass is 10.3.